The van der Waals surface area contributed by atoms with Crippen molar-refractivity contribution >= 4 is 11.6 Å². The maximum Gasteiger partial charge on any atom is 0.232 e. The average molecular weight is 248 g/mol. The van der Waals surface area contributed by atoms with Gasteiger partial charge in [0.15, 0.2) is 5.65 Å². The molecule has 0 aromatic carbocycles. The van der Waals surface area contributed by atoms with Crippen molar-refractivity contribution in [3.63, 3.8) is 0 Å². The molecule has 3 heterocycles. The Bertz CT molecular complexity index is 555. The van der Waals surface area contributed by atoms with Gasteiger partial charge >= 0.3 is 0 Å². The number of fused-ring (bicyclic) bond motifs is 1. The first-order chi connectivity index (χ1) is 8.66. The molecule has 0 amide bonds. The van der Waals surface area contributed by atoms with Crippen molar-refractivity contribution in [2.45, 2.75) is 45.2 Å². The van der Waals surface area contributed by atoms with Crippen LogP contribution in [0.1, 0.15) is 33.1 Å². The third-order valence-electron chi connectivity index (χ3n) is 3.77. The molecule has 0 aliphatic carbocycles. The van der Waals surface area contributed by atoms with Crippen LogP contribution in [0.4, 0.5) is 10.3 Å². The summed E-state index contributed by atoms with van der Waals surface area (Å²) in [6.45, 7) is 4.38. The Hall–Kier alpha value is -1.65. The molecule has 0 saturated carbocycles. The molecule has 2 unspecified atom stereocenters. The highest BCUT2D eigenvalue weighted by Crippen LogP contribution is 2.28. The van der Waals surface area contributed by atoms with E-state index in [9.17, 15) is 4.39 Å². The van der Waals surface area contributed by atoms with E-state index in [0.717, 1.165) is 18.8 Å². The van der Waals surface area contributed by atoms with Crippen molar-refractivity contribution in [3.8, 4) is 0 Å². The van der Waals surface area contributed by atoms with E-state index in [2.05, 4.69) is 28.9 Å². The van der Waals surface area contributed by atoms with Crippen molar-refractivity contribution in [1.29, 1.82) is 0 Å². The molecule has 18 heavy (non-hydrogen) atoms. The van der Waals surface area contributed by atoms with E-state index in [1.807, 2.05) is 0 Å². The number of rotatable bonds is 1. The smallest absolute Gasteiger partial charge is 0.232 e. The highest BCUT2D eigenvalue weighted by atomic mass is 19.1. The number of piperidine rings is 1. The van der Waals surface area contributed by atoms with Gasteiger partial charge in [0.2, 0.25) is 5.95 Å². The first kappa shape index (κ1) is 11.4. The Balaban J connectivity index is 2.10. The molecule has 1 saturated heterocycles. The van der Waals surface area contributed by atoms with Crippen molar-refractivity contribution < 1.29 is 4.39 Å². The van der Waals surface area contributed by atoms with Gasteiger partial charge in [-0.15, -0.1) is 10.2 Å². The van der Waals surface area contributed by atoms with Gasteiger partial charge in [-0.2, -0.15) is 0 Å². The van der Waals surface area contributed by atoms with Crippen LogP contribution in [0.15, 0.2) is 18.3 Å². The summed E-state index contributed by atoms with van der Waals surface area (Å²) >= 11 is 0. The zero-order valence-corrected chi connectivity index (χ0v) is 10.7. The Labute approximate surface area is 105 Å². The van der Waals surface area contributed by atoms with Gasteiger partial charge in [-0.3, -0.25) is 4.40 Å². The van der Waals surface area contributed by atoms with Crippen molar-refractivity contribution in [1.82, 2.24) is 14.6 Å². The molecule has 0 radical (unpaired) electrons. The first-order valence-corrected chi connectivity index (χ1v) is 6.45. The van der Waals surface area contributed by atoms with Gasteiger partial charge in [-0.05, 0) is 45.2 Å². The third kappa shape index (κ3) is 1.74. The number of hydrogen-bond donors (Lipinski definition) is 0. The summed E-state index contributed by atoms with van der Waals surface area (Å²) in [5, 5.41) is 8.34. The Morgan fingerprint density at radius 2 is 1.89 bits per heavy atom. The quantitative estimate of drug-likeness (QED) is 0.778. The minimum atomic E-state index is -0.263. The molecule has 96 valence electrons. The van der Waals surface area contributed by atoms with Crippen LogP contribution in [0.5, 0.6) is 0 Å². The lowest BCUT2D eigenvalue weighted by Crippen LogP contribution is -2.44. The fraction of sp³-hybridized carbons (Fsp3) is 0.538. The second-order valence-electron chi connectivity index (χ2n) is 5.11. The van der Waals surface area contributed by atoms with Crippen LogP contribution in [0.25, 0.3) is 5.65 Å². The lowest BCUT2D eigenvalue weighted by atomic mass is 9.98. The summed E-state index contributed by atoms with van der Waals surface area (Å²) in [6, 6.07) is 3.91. The predicted molar refractivity (Wildman–Crippen MR) is 68.2 cm³/mol. The van der Waals surface area contributed by atoms with Crippen LogP contribution in [0, 0.1) is 5.82 Å². The van der Waals surface area contributed by atoms with E-state index in [1.165, 1.54) is 18.7 Å². The van der Waals surface area contributed by atoms with Crippen LogP contribution in [0.3, 0.4) is 0 Å². The van der Waals surface area contributed by atoms with Crippen molar-refractivity contribution in [2.75, 3.05) is 4.90 Å². The Kier molecular flexibility index (Phi) is 2.69. The lowest BCUT2D eigenvalue weighted by molar-refractivity contribution is 0.406. The summed E-state index contributed by atoms with van der Waals surface area (Å²) in [6.07, 6.45) is 4.99. The number of hydrogen-bond acceptors (Lipinski definition) is 3. The number of pyridine rings is 1. The second-order valence-corrected chi connectivity index (χ2v) is 5.11. The molecule has 2 aromatic heterocycles. The molecule has 5 heteroatoms. The van der Waals surface area contributed by atoms with Gasteiger partial charge in [0, 0.05) is 18.3 Å². The number of halogens is 1. The molecular formula is C13H17FN4. The van der Waals surface area contributed by atoms with E-state index < -0.39 is 0 Å². The largest absolute Gasteiger partial charge is 0.335 e. The van der Waals surface area contributed by atoms with Gasteiger partial charge in [0.1, 0.15) is 5.82 Å². The molecule has 1 aliphatic heterocycles. The van der Waals surface area contributed by atoms with Crippen LogP contribution in [0.2, 0.25) is 0 Å². The molecule has 0 spiro atoms. The Morgan fingerprint density at radius 3 is 2.61 bits per heavy atom. The van der Waals surface area contributed by atoms with E-state index in [4.69, 9.17) is 0 Å². The number of anilines is 1. The van der Waals surface area contributed by atoms with Crippen LogP contribution in [-0.2, 0) is 0 Å². The van der Waals surface area contributed by atoms with Crippen LogP contribution >= 0.6 is 0 Å². The maximum atomic E-state index is 13.4. The van der Waals surface area contributed by atoms with E-state index in [-0.39, 0.29) is 5.82 Å². The topological polar surface area (TPSA) is 33.4 Å². The standard InChI is InChI=1S/C13H17FN4/c1-9-4-3-5-10(2)18(9)13-16-15-12-7-6-11(14)8-17(12)13/h6-10H,3-5H2,1-2H3. The van der Waals surface area contributed by atoms with Gasteiger partial charge in [0.25, 0.3) is 0 Å². The molecule has 4 nitrogen and oxygen atoms in total. The van der Waals surface area contributed by atoms with Gasteiger partial charge in [-0.1, -0.05) is 0 Å². The van der Waals surface area contributed by atoms with E-state index in [0.29, 0.717) is 17.7 Å². The van der Waals surface area contributed by atoms with E-state index >= 15 is 0 Å². The van der Waals surface area contributed by atoms with Gasteiger partial charge in [0.05, 0.1) is 0 Å². The third-order valence-corrected chi connectivity index (χ3v) is 3.77. The van der Waals surface area contributed by atoms with Crippen LogP contribution in [-0.4, -0.2) is 26.7 Å². The maximum absolute atomic E-state index is 13.4. The Morgan fingerprint density at radius 1 is 1.17 bits per heavy atom. The number of aromatic nitrogens is 3. The van der Waals surface area contributed by atoms with Gasteiger partial charge < -0.3 is 4.90 Å². The molecule has 3 rings (SSSR count). The number of nitrogens with zero attached hydrogens (tertiary/aromatic N) is 4. The molecule has 0 bridgehead atoms. The molecule has 2 aromatic rings. The summed E-state index contributed by atoms with van der Waals surface area (Å²) < 4.78 is 15.1. The molecule has 2 atom stereocenters. The molecule has 1 aliphatic rings. The lowest BCUT2D eigenvalue weighted by Gasteiger charge is -2.38. The molecule has 1 fully saturated rings. The fourth-order valence-electron chi connectivity index (χ4n) is 2.84. The van der Waals surface area contributed by atoms with Crippen LogP contribution < -0.4 is 4.90 Å². The molecule has 0 N–H and O–H groups in total. The SMILES string of the molecule is CC1CCCC(C)N1c1nnc2ccc(F)cn12. The molecular weight excluding hydrogens is 231 g/mol. The summed E-state index contributed by atoms with van der Waals surface area (Å²) in [4.78, 5) is 2.25. The van der Waals surface area contributed by atoms with Crippen molar-refractivity contribution in [3.05, 3.63) is 24.1 Å². The average Bonchev–Trinajstić information content (AvgIpc) is 2.72. The van der Waals surface area contributed by atoms with E-state index in [1.54, 1.807) is 10.5 Å². The summed E-state index contributed by atoms with van der Waals surface area (Å²) in [5.74, 6) is 0.491. The first-order valence-electron chi connectivity index (χ1n) is 6.45. The minimum absolute atomic E-state index is 0.263. The van der Waals surface area contributed by atoms with Crippen molar-refractivity contribution in [2.24, 2.45) is 0 Å². The fourth-order valence-corrected chi connectivity index (χ4v) is 2.84. The zero-order valence-electron chi connectivity index (χ0n) is 10.7. The zero-order chi connectivity index (χ0) is 12.7. The highest BCUT2D eigenvalue weighted by molar-refractivity contribution is 5.47. The van der Waals surface area contributed by atoms with Gasteiger partial charge in [-0.25, -0.2) is 4.39 Å². The highest BCUT2D eigenvalue weighted by Gasteiger charge is 2.28. The summed E-state index contributed by atoms with van der Waals surface area (Å²) in [5.41, 5.74) is 0.691. The monoisotopic (exact) mass is 248 g/mol. The minimum Gasteiger partial charge on any atom is -0.335 e. The normalized spacial score (nSPS) is 24.7. The summed E-state index contributed by atoms with van der Waals surface area (Å²) in [7, 11) is 0. The second kappa shape index (κ2) is 4.23. The predicted octanol–water partition coefficient (Wildman–Crippen LogP) is 2.64.